The Bertz CT molecular complexity index is 729. The van der Waals surface area contributed by atoms with Crippen LogP contribution in [0, 0.1) is 0 Å². The van der Waals surface area contributed by atoms with E-state index in [1.807, 2.05) is 12.1 Å². The number of hydrogen-bond acceptors (Lipinski definition) is 4. The molecule has 2 aromatic heterocycles. The van der Waals surface area contributed by atoms with E-state index < -0.39 is 0 Å². The van der Waals surface area contributed by atoms with Gasteiger partial charge in [-0.1, -0.05) is 0 Å². The van der Waals surface area contributed by atoms with Crippen LogP contribution in [0.5, 0.6) is 0 Å². The number of nitrogen functional groups attached to an aromatic ring is 1. The SMILES string of the molecule is Nc1ccc(-n2ccc(C(=O)NCc3ncc[nH]3)n2)cc1. The second-order valence-electron chi connectivity index (χ2n) is 4.46. The van der Waals surface area contributed by atoms with E-state index >= 15 is 0 Å². The van der Waals surface area contributed by atoms with E-state index in [0.717, 1.165) is 5.69 Å². The van der Waals surface area contributed by atoms with Crippen LogP contribution in [0.1, 0.15) is 16.3 Å². The van der Waals surface area contributed by atoms with Crippen molar-refractivity contribution in [2.45, 2.75) is 6.54 Å². The minimum Gasteiger partial charge on any atom is -0.399 e. The average Bonchev–Trinajstić information content (AvgIpc) is 3.17. The normalized spacial score (nSPS) is 10.5. The van der Waals surface area contributed by atoms with Gasteiger partial charge in [0, 0.05) is 24.3 Å². The number of rotatable bonds is 4. The molecule has 0 aliphatic heterocycles. The zero-order valence-corrected chi connectivity index (χ0v) is 11.2. The van der Waals surface area contributed by atoms with Crippen LogP contribution in [0.15, 0.2) is 48.9 Å². The van der Waals surface area contributed by atoms with Crippen molar-refractivity contribution in [3.8, 4) is 5.69 Å². The summed E-state index contributed by atoms with van der Waals surface area (Å²) in [5, 5.41) is 6.99. The first-order valence-electron chi connectivity index (χ1n) is 6.40. The Hall–Kier alpha value is -3.09. The van der Waals surface area contributed by atoms with Crippen LogP contribution in [-0.4, -0.2) is 25.7 Å². The molecule has 0 aliphatic carbocycles. The minimum absolute atomic E-state index is 0.249. The van der Waals surface area contributed by atoms with Gasteiger partial charge < -0.3 is 16.0 Å². The van der Waals surface area contributed by atoms with Gasteiger partial charge in [-0.05, 0) is 30.3 Å². The van der Waals surface area contributed by atoms with E-state index in [1.54, 1.807) is 41.5 Å². The highest BCUT2D eigenvalue weighted by Gasteiger charge is 2.10. The number of H-pyrrole nitrogens is 1. The minimum atomic E-state index is -0.249. The van der Waals surface area contributed by atoms with Crippen LogP contribution < -0.4 is 11.1 Å². The smallest absolute Gasteiger partial charge is 0.272 e. The molecule has 7 nitrogen and oxygen atoms in total. The van der Waals surface area contributed by atoms with Crippen LogP contribution in [-0.2, 0) is 6.54 Å². The Morgan fingerprint density at radius 1 is 1.29 bits per heavy atom. The fraction of sp³-hybridized carbons (Fsp3) is 0.0714. The molecule has 0 bridgehead atoms. The first-order chi connectivity index (χ1) is 10.2. The topological polar surface area (TPSA) is 102 Å². The zero-order chi connectivity index (χ0) is 14.7. The van der Waals surface area contributed by atoms with E-state index in [0.29, 0.717) is 23.8 Å². The predicted molar refractivity (Wildman–Crippen MR) is 77.7 cm³/mol. The zero-order valence-electron chi connectivity index (χ0n) is 11.2. The molecule has 1 amide bonds. The van der Waals surface area contributed by atoms with Gasteiger partial charge in [0.2, 0.25) is 0 Å². The third-order valence-corrected chi connectivity index (χ3v) is 2.95. The van der Waals surface area contributed by atoms with Gasteiger partial charge >= 0.3 is 0 Å². The molecular weight excluding hydrogens is 268 g/mol. The van der Waals surface area contributed by atoms with Gasteiger partial charge in [0.1, 0.15) is 5.82 Å². The summed E-state index contributed by atoms with van der Waals surface area (Å²) in [5.41, 5.74) is 7.51. The predicted octanol–water partition coefficient (Wildman–Crippen LogP) is 1.11. The number of benzene rings is 1. The number of nitrogens with one attached hydrogen (secondary N) is 2. The lowest BCUT2D eigenvalue weighted by atomic mass is 10.3. The van der Waals surface area contributed by atoms with Crippen LogP contribution in [0.25, 0.3) is 5.69 Å². The quantitative estimate of drug-likeness (QED) is 0.624. The lowest BCUT2D eigenvalue weighted by Gasteiger charge is -2.02. The molecule has 0 fully saturated rings. The largest absolute Gasteiger partial charge is 0.399 e. The maximum Gasteiger partial charge on any atom is 0.272 e. The van der Waals surface area contributed by atoms with Gasteiger partial charge in [0.15, 0.2) is 5.69 Å². The summed E-state index contributed by atoms with van der Waals surface area (Å²) in [4.78, 5) is 18.9. The van der Waals surface area contributed by atoms with E-state index in [-0.39, 0.29) is 5.91 Å². The summed E-state index contributed by atoms with van der Waals surface area (Å²) in [6.45, 7) is 0.334. The number of nitrogens with zero attached hydrogens (tertiary/aromatic N) is 3. The number of aromatic amines is 1. The maximum atomic E-state index is 12.0. The highest BCUT2D eigenvalue weighted by molar-refractivity contribution is 5.92. The lowest BCUT2D eigenvalue weighted by Crippen LogP contribution is -2.24. The Morgan fingerprint density at radius 3 is 2.81 bits per heavy atom. The van der Waals surface area contributed by atoms with Crippen LogP contribution >= 0.6 is 0 Å². The highest BCUT2D eigenvalue weighted by Crippen LogP contribution is 2.10. The number of nitrogens with two attached hydrogens (primary N) is 1. The van der Waals surface area contributed by atoms with Gasteiger partial charge in [-0.3, -0.25) is 4.79 Å². The van der Waals surface area contributed by atoms with Crippen molar-refractivity contribution in [2.75, 3.05) is 5.73 Å². The number of carbonyl (C=O) groups is 1. The first kappa shape index (κ1) is 12.9. The van der Waals surface area contributed by atoms with Crippen LogP contribution in [0.3, 0.4) is 0 Å². The number of aromatic nitrogens is 4. The molecule has 0 aliphatic rings. The molecule has 0 radical (unpaired) electrons. The Labute approximate surface area is 120 Å². The maximum absolute atomic E-state index is 12.0. The van der Waals surface area contributed by atoms with Gasteiger partial charge in [-0.25, -0.2) is 9.67 Å². The lowest BCUT2D eigenvalue weighted by molar-refractivity contribution is 0.0944. The van der Waals surface area contributed by atoms with Crippen LogP contribution in [0.2, 0.25) is 0 Å². The third kappa shape index (κ3) is 2.92. The second-order valence-corrected chi connectivity index (χ2v) is 4.46. The standard InChI is InChI=1S/C14H14N6O/c15-10-1-3-11(4-2-10)20-8-5-12(19-20)14(21)18-9-13-16-6-7-17-13/h1-8H,9,15H2,(H,16,17)(H,18,21). The molecule has 0 saturated carbocycles. The van der Waals surface area contributed by atoms with Crippen molar-refractivity contribution < 1.29 is 4.79 Å². The molecule has 1 aromatic carbocycles. The number of carbonyl (C=O) groups excluding carboxylic acids is 1. The Kier molecular flexibility index (Phi) is 3.38. The molecule has 2 heterocycles. The molecule has 3 rings (SSSR count). The summed E-state index contributed by atoms with van der Waals surface area (Å²) in [7, 11) is 0. The van der Waals surface area contributed by atoms with Gasteiger partial charge in [-0.15, -0.1) is 0 Å². The molecule has 7 heteroatoms. The third-order valence-electron chi connectivity index (χ3n) is 2.95. The summed E-state index contributed by atoms with van der Waals surface area (Å²) in [6.07, 6.45) is 5.07. The van der Waals surface area contributed by atoms with Crippen molar-refractivity contribution >= 4 is 11.6 Å². The van der Waals surface area contributed by atoms with Crippen molar-refractivity contribution in [3.05, 3.63) is 60.4 Å². The molecule has 4 N–H and O–H groups in total. The Balaban J connectivity index is 1.69. The molecule has 0 spiro atoms. The molecule has 0 unspecified atom stereocenters. The number of amides is 1. The van der Waals surface area contributed by atoms with Crippen molar-refractivity contribution in [3.63, 3.8) is 0 Å². The molecule has 0 atom stereocenters. The molecular formula is C14H14N6O. The summed E-state index contributed by atoms with van der Waals surface area (Å²) in [6, 6.07) is 8.91. The molecule has 0 saturated heterocycles. The monoisotopic (exact) mass is 282 g/mol. The fourth-order valence-electron chi connectivity index (χ4n) is 1.87. The summed E-state index contributed by atoms with van der Waals surface area (Å²) >= 11 is 0. The van der Waals surface area contributed by atoms with E-state index in [2.05, 4.69) is 20.4 Å². The second kappa shape index (κ2) is 5.49. The molecule has 3 aromatic rings. The van der Waals surface area contributed by atoms with E-state index in [4.69, 9.17) is 5.73 Å². The van der Waals surface area contributed by atoms with Crippen molar-refractivity contribution in [1.29, 1.82) is 0 Å². The Morgan fingerprint density at radius 2 is 2.10 bits per heavy atom. The number of imidazole rings is 1. The average molecular weight is 282 g/mol. The van der Waals surface area contributed by atoms with Gasteiger partial charge in [-0.2, -0.15) is 5.10 Å². The molecule has 21 heavy (non-hydrogen) atoms. The van der Waals surface area contributed by atoms with E-state index in [9.17, 15) is 4.79 Å². The fourth-order valence-corrected chi connectivity index (χ4v) is 1.87. The van der Waals surface area contributed by atoms with Gasteiger partial charge in [0.25, 0.3) is 5.91 Å². The number of anilines is 1. The van der Waals surface area contributed by atoms with Crippen LogP contribution in [0.4, 0.5) is 5.69 Å². The molecule has 106 valence electrons. The van der Waals surface area contributed by atoms with E-state index in [1.165, 1.54) is 0 Å². The van der Waals surface area contributed by atoms with Gasteiger partial charge in [0.05, 0.1) is 12.2 Å². The van der Waals surface area contributed by atoms with Crippen molar-refractivity contribution in [1.82, 2.24) is 25.1 Å². The highest BCUT2D eigenvalue weighted by atomic mass is 16.1. The summed E-state index contributed by atoms with van der Waals surface area (Å²) < 4.78 is 1.63. The van der Waals surface area contributed by atoms with Crippen molar-refractivity contribution in [2.24, 2.45) is 0 Å². The summed E-state index contributed by atoms with van der Waals surface area (Å²) in [5.74, 6) is 0.446. The number of hydrogen-bond donors (Lipinski definition) is 3. The first-order valence-corrected chi connectivity index (χ1v) is 6.40.